The summed E-state index contributed by atoms with van der Waals surface area (Å²) >= 11 is 0. The van der Waals surface area contributed by atoms with Gasteiger partial charge in [-0.15, -0.1) is 0 Å². The van der Waals surface area contributed by atoms with Crippen LogP contribution >= 0.6 is 0 Å². The minimum Gasteiger partial charge on any atom is -0.480 e. The zero-order valence-corrected chi connectivity index (χ0v) is 9.83. The van der Waals surface area contributed by atoms with Crippen molar-refractivity contribution in [3.63, 3.8) is 0 Å². The Morgan fingerprint density at radius 2 is 2.33 bits per heavy atom. The van der Waals surface area contributed by atoms with Crippen molar-refractivity contribution in [2.24, 2.45) is 0 Å². The van der Waals surface area contributed by atoms with E-state index >= 15 is 0 Å². The Kier molecular flexibility index (Phi) is 3.38. The minimum absolute atomic E-state index is 0.180. The summed E-state index contributed by atoms with van der Waals surface area (Å²) in [6.45, 7) is 1.78. The molecule has 0 aliphatic heterocycles. The fourth-order valence-corrected chi connectivity index (χ4v) is 1.54. The lowest BCUT2D eigenvalue weighted by atomic mass is 10.3. The molecule has 18 heavy (non-hydrogen) atoms. The molecule has 2 N–H and O–H groups in total. The predicted octanol–water partition coefficient (Wildman–Crippen LogP) is 0.257. The molecule has 0 spiro atoms. The van der Waals surface area contributed by atoms with Crippen molar-refractivity contribution in [1.82, 2.24) is 14.7 Å². The van der Waals surface area contributed by atoms with E-state index in [0.717, 1.165) is 0 Å². The lowest BCUT2D eigenvalue weighted by Gasteiger charge is -2.08. The van der Waals surface area contributed by atoms with Crippen molar-refractivity contribution >= 4 is 11.6 Å². The Morgan fingerprint density at radius 3 is 3.06 bits per heavy atom. The van der Waals surface area contributed by atoms with Crippen LogP contribution in [0, 0.1) is 0 Å². The number of aliphatic carboxylic acids is 1. The third-order valence-corrected chi connectivity index (χ3v) is 2.58. The maximum Gasteiger partial charge on any atom is 0.320 e. The standard InChI is InChI=1S/C12H13N3O3/c1-8(12(17)18)13-7-9-6-11(16)15-5-3-2-4-10(15)14-9/h2-6,8,13H,7H2,1H3,(H,17,18). The van der Waals surface area contributed by atoms with E-state index in [1.807, 2.05) is 0 Å². The number of aromatic nitrogens is 2. The van der Waals surface area contributed by atoms with Crippen molar-refractivity contribution < 1.29 is 9.90 Å². The predicted molar refractivity (Wildman–Crippen MR) is 65.4 cm³/mol. The average Bonchev–Trinajstić information content (AvgIpc) is 2.36. The van der Waals surface area contributed by atoms with Gasteiger partial charge >= 0.3 is 5.97 Å². The number of pyridine rings is 1. The molecule has 0 bridgehead atoms. The highest BCUT2D eigenvalue weighted by molar-refractivity contribution is 5.72. The average molecular weight is 247 g/mol. The number of carboxylic acids is 1. The van der Waals surface area contributed by atoms with Crippen LogP contribution in [0.5, 0.6) is 0 Å². The molecule has 0 saturated heterocycles. The number of rotatable bonds is 4. The Morgan fingerprint density at radius 1 is 1.56 bits per heavy atom. The second-order valence-corrected chi connectivity index (χ2v) is 3.96. The number of hydrogen-bond donors (Lipinski definition) is 2. The van der Waals surface area contributed by atoms with Gasteiger partial charge in [0, 0.05) is 18.8 Å². The van der Waals surface area contributed by atoms with E-state index in [1.165, 1.54) is 17.4 Å². The van der Waals surface area contributed by atoms with Crippen LogP contribution in [-0.4, -0.2) is 26.5 Å². The molecule has 2 aromatic heterocycles. The zero-order valence-electron chi connectivity index (χ0n) is 9.83. The normalized spacial score (nSPS) is 12.5. The first-order valence-electron chi connectivity index (χ1n) is 5.51. The van der Waals surface area contributed by atoms with Gasteiger partial charge in [0.2, 0.25) is 0 Å². The lowest BCUT2D eigenvalue weighted by Crippen LogP contribution is -2.33. The fourth-order valence-electron chi connectivity index (χ4n) is 1.54. The number of hydrogen-bond acceptors (Lipinski definition) is 4. The quantitative estimate of drug-likeness (QED) is 0.809. The summed E-state index contributed by atoms with van der Waals surface area (Å²) in [4.78, 5) is 26.7. The Hall–Kier alpha value is -2.21. The summed E-state index contributed by atoms with van der Waals surface area (Å²) in [5.74, 6) is -0.937. The highest BCUT2D eigenvalue weighted by atomic mass is 16.4. The van der Waals surface area contributed by atoms with Crippen molar-refractivity contribution in [1.29, 1.82) is 0 Å². The molecule has 0 aromatic carbocycles. The molecule has 2 heterocycles. The van der Waals surface area contributed by atoms with Gasteiger partial charge in [0.25, 0.3) is 5.56 Å². The molecule has 1 atom stereocenters. The molecule has 94 valence electrons. The van der Waals surface area contributed by atoms with Crippen LogP contribution in [-0.2, 0) is 11.3 Å². The topological polar surface area (TPSA) is 83.7 Å². The Bertz CT molecular complexity index is 636. The van der Waals surface area contributed by atoms with Crippen molar-refractivity contribution in [3.05, 3.63) is 46.5 Å². The molecule has 0 aliphatic rings. The number of nitrogens with zero attached hydrogens (tertiary/aromatic N) is 2. The third-order valence-electron chi connectivity index (χ3n) is 2.58. The molecule has 0 fully saturated rings. The second-order valence-electron chi connectivity index (χ2n) is 3.96. The number of fused-ring (bicyclic) bond motifs is 1. The van der Waals surface area contributed by atoms with Crippen LogP contribution in [0.1, 0.15) is 12.6 Å². The number of carbonyl (C=O) groups is 1. The van der Waals surface area contributed by atoms with E-state index in [0.29, 0.717) is 11.3 Å². The largest absolute Gasteiger partial charge is 0.480 e. The lowest BCUT2D eigenvalue weighted by molar-refractivity contribution is -0.139. The van der Waals surface area contributed by atoms with Gasteiger partial charge in [0.1, 0.15) is 11.7 Å². The smallest absolute Gasteiger partial charge is 0.320 e. The Balaban J connectivity index is 2.25. The monoisotopic (exact) mass is 247 g/mol. The maximum atomic E-state index is 11.8. The summed E-state index contributed by atoms with van der Waals surface area (Å²) < 4.78 is 1.43. The van der Waals surface area contributed by atoms with Crippen molar-refractivity contribution in [3.8, 4) is 0 Å². The first kappa shape index (κ1) is 12.3. The molecule has 2 rings (SSSR count). The van der Waals surface area contributed by atoms with Crippen LogP contribution < -0.4 is 10.9 Å². The summed E-state index contributed by atoms with van der Waals surface area (Å²) in [5, 5.41) is 11.5. The van der Waals surface area contributed by atoms with Gasteiger partial charge in [-0.2, -0.15) is 0 Å². The van der Waals surface area contributed by atoms with Gasteiger partial charge in [-0.1, -0.05) is 6.07 Å². The molecule has 0 saturated carbocycles. The molecule has 6 nitrogen and oxygen atoms in total. The maximum absolute atomic E-state index is 11.8. The zero-order chi connectivity index (χ0) is 13.1. The van der Waals surface area contributed by atoms with Crippen molar-refractivity contribution in [2.45, 2.75) is 19.5 Å². The van der Waals surface area contributed by atoms with E-state index in [9.17, 15) is 9.59 Å². The summed E-state index contributed by atoms with van der Waals surface area (Å²) in [7, 11) is 0. The molecule has 0 amide bonds. The van der Waals surface area contributed by atoms with Gasteiger partial charge in [-0.3, -0.25) is 19.3 Å². The first-order valence-corrected chi connectivity index (χ1v) is 5.51. The summed E-state index contributed by atoms with van der Waals surface area (Å²) in [6.07, 6.45) is 1.64. The van der Waals surface area contributed by atoms with Gasteiger partial charge < -0.3 is 5.11 Å². The van der Waals surface area contributed by atoms with Gasteiger partial charge in [-0.25, -0.2) is 4.98 Å². The van der Waals surface area contributed by atoms with Gasteiger partial charge in [0.15, 0.2) is 0 Å². The molecule has 6 heteroatoms. The van der Waals surface area contributed by atoms with Gasteiger partial charge in [-0.05, 0) is 19.1 Å². The summed E-state index contributed by atoms with van der Waals surface area (Å²) in [6, 6.07) is 5.99. The highest BCUT2D eigenvalue weighted by Gasteiger charge is 2.10. The van der Waals surface area contributed by atoms with E-state index in [2.05, 4.69) is 10.3 Å². The van der Waals surface area contributed by atoms with E-state index in [4.69, 9.17) is 5.11 Å². The van der Waals surface area contributed by atoms with Crippen LogP contribution in [0.25, 0.3) is 5.65 Å². The number of carboxylic acid groups (broad SMARTS) is 1. The van der Waals surface area contributed by atoms with Crippen LogP contribution in [0.2, 0.25) is 0 Å². The van der Waals surface area contributed by atoms with E-state index < -0.39 is 12.0 Å². The van der Waals surface area contributed by atoms with E-state index in [-0.39, 0.29) is 12.1 Å². The third kappa shape index (κ3) is 2.54. The molecule has 0 aliphatic carbocycles. The second kappa shape index (κ2) is 4.97. The van der Waals surface area contributed by atoms with Crippen LogP contribution in [0.15, 0.2) is 35.3 Å². The van der Waals surface area contributed by atoms with Crippen molar-refractivity contribution in [2.75, 3.05) is 0 Å². The first-order chi connectivity index (χ1) is 8.58. The number of nitrogens with one attached hydrogen (secondary N) is 1. The molecule has 0 radical (unpaired) electrons. The highest BCUT2D eigenvalue weighted by Crippen LogP contribution is 1.98. The molecular weight excluding hydrogens is 234 g/mol. The van der Waals surface area contributed by atoms with Crippen LogP contribution in [0.4, 0.5) is 0 Å². The molecule has 2 aromatic rings. The minimum atomic E-state index is -0.937. The fraction of sp³-hybridized carbons (Fsp3) is 0.250. The SMILES string of the molecule is CC(NCc1cc(=O)n2ccccc2n1)C(=O)O. The van der Waals surface area contributed by atoms with Gasteiger partial charge in [0.05, 0.1) is 5.69 Å². The Labute approximate surface area is 103 Å². The van der Waals surface area contributed by atoms with Crippen LogP contribution in [0.3, 0.4) is 0 Å². The van der Waals surface area contributed by atoms with E-state index in [1.54, 1.807) is 24.4 Å². The summed E-state index contributed by atoms with van der Waals surface area (Å²) in [5.41, 5.74) is 0.893. The molecular formula is C12H13N3O3. The molecule has 1 unspecified atom stereocenters.